The van der Waals surface area contributed by atoms with Crippen LogP contribution in [0.25, 0.3) is 0 Å². The summed E-state index contributed by atoms with van der Waals surface area (Å²) in [6, 6.07) is -4.83. The first-order valence-corrected chi connectivity index (χ1v) is 24.6. The summed E-state index contributed by atoms with van der Waals surface area (Å²) in [4.78, 5) is 63.0. The molecule has 0 aromatic carbocycles. The first-order chi connectivity index (χ1) is 33.5. The van der Waals surface area contributed by atoms with Crippen molar-refractivity contribution in [1.29, 1.82) is 0 Å². The van der Waals surface area contributed by atoms with Crippen LogP contribution in [0.4, 0.5) is 0 Å². The normalized spacial score (nSPS) is 28.6. The fourth-order valence-corrected chi connectivity index (χ4v) is 8.42. The number of amides is 2. The van der Waals surface area contributed by atoms with Gasteiger partial charge in [-0.05, 0) is 19.9 Å². The topological polar surface area (TPSA) is 436 Å². The van der Waals surface area contributed by atoms with E-state index in [1.54, 1.807) is 0 Å². The van der Waals surface area contributed by atoms with Crippen molar-refractivity contribution in [3.63, 3.8) is 0 Å². The van der Waals surface area contributed by atoms with Gasteiger partial charge >= 0.3 is 17.9 Å². The average molecular weight is 1030 g/mol. The van der Waals surface area contributed by atoms with Crippen molar-refractivity contribution in [2.75, 3.05) is 32.9 Å². The van der Waals surface area contributed by atoms with Crippen LogP contribution in [0.3, 0.4) is 0 Å². The Kier molecular flexibility index (Phi) is 28.3. The monoisotopic (exact) mass is 1030 g/mol. The largest absolute Gasteiger partial charge is 0.479 e. The lowest BCUT2D eigenvalue weighted by Gasteiger charge is -2.50. The van der Waals surface area contributed by atoms with Crippen molar-refractivity contribution in [3.05, 3.63) is 0 Å². The Balaban J connectivity index is 2.49. The molecule has 0 aromatic rings. The summed E-state index contributed by atoms with van der Waals surface area (Å²) in [6.45, 7) is 2.78. The molecule has 17 N–H and O–H groups in total. The molecule has 0 bridgehead atoms. The zero-order chi connectivity index (χ0) is 53.6. The first kappa shape index (κ1) is 63.8. The molecule has 71 heavy (non-hydrogen) atoms. The van der Waals surface area contributed by atoms with Crippen LogP contribution in [0.2, 0.25) is 0 Å². The summed E-state index contributed by atoms with van der Waals surface area (Å²) in [7, 11) is 0. The molecule has 0 saturated carbocycles. The van der Waals surface area contributed by atoms with E-state index >= 15 is 0 Å². The van der Waals surface area contributed by atoms with Crippen molar-refractivity contribution in [2.45, 2.75) is 221 Å². The number of carboxylic acids is 3. The highest BCUT2D eigenvalue weighted by Crippen LogP contribution is 2.39. The number of hydrogen-bond acceptors (Lipinski definition) is 21. The lowest BCUT2D eigenvalue weighted by Crippen LogP contribution is -2.71. The van der Waals surface area contributed by atoms with Gasteiger partial charge in [0.05, 0.1) is 62.4 Å². The molecule has 2 aliphatic rings. The number of rotatable bonds is 36. The number of carbonyl (C=O) groups excluding carboxylic acids is 2. The van der Waals surface area contributed by atoms with Gasteiger partial charge < -0.3 is 107 Å². The van der Waals surface area contributed by atoms with Crippen LogP contribution in [-0.2, 0) is 47.7 Å². The third kappa shape index (κ3) is 18.9. The number of carbonyl (C=O) groups is 5. The van der Waals surface area contributed by atoms with Crippen LogP contribution in [0.15, 0.2) is 0 Å². The second-order valence-corrected chi connectivity index (χ2v) is 18.3. The van der Waals surface area contributed by atoms with Crippen LogP contribution in [0.1, 0.15) is 118 Å². The maximum Gasteiger partial charge on any atom is 0.364 e. The fraction of sp³-hybridized carbons (Fsp3) is 0.889. The highest BCUT2D eigenvalue weighted by molar-refractivity contribution is 5.78. The number of unbranched alkanes of at least 4 members (excludes halogenated alkanes) is 9. The van der Waals surface area contributed by atoms with Gasteiger partial charge in [0.1, 0.15) is 42.7 Å². The van der Waals surface area contributed by atoms with E-state index in [1.807, 2.05) is 0 Å². The van der Waals surface area contributed by atoms with Crippen LogP contribution < -0.4 is 21.7 Å². The number of hydrogen-bond donors (Lipinski definition) is 16. The molecule has 0 aliphatic carbocycles. The molecule has 2 fully saturated rings. The predicted octanol–water partition coefficient (Wildman–Crippen LogP) is -3.48. The average Bonchev–Trinajstić information content (AvgIpc) is 3.33. The maximum absolute atomic E-state index is 13.2. The number of ether oxygens (including phenoxy) is 5. The minimum absolute atomic E-state index is 0.0778. The second-order valence-electron chi connectivity index (χ2n) is 18.3. The summed E-state index contributed by atoms with van der Waals surface area (Å²) < 4.78 is 28.5. The molecule has 26 nitrogen and oxygen atoms in total. The van der Waals surface area contributed by atoms with Gasteiger partial charge in [0.2, 0.25) is 11.8 Å². The van der Waals surface area contributed by atoms with E-state index in [2.05, 4.69) is 22.9 Å². The predicted molar refractivity (Wildman–Crippen MR) is 246 cm³/mol. The van der Waals surface area contributed by atoms with Crippen LogP contribution >= 0.6 is 0 Å². The summed E-state index contributed by atoms with van der Waals surface area (Å²) in [5, 5.41) is 137. The quantitative estimate of drug-likeness (QED) is 0.0271. The molecule has 2 rings (SSSR count). The van der Waals surface area contributed by atoms with Crippen LogP contribution in [0, 0.1) is 0 Å². The molecule has 0 radical (unpaired) electrons. The third-order valence-electron chi connectivity index (χ3n) is 12.7. The summed E-state index contributed by atoms with van der Waals surface area (Å²) in [5.74, 6) is -13.5. The zero-order valence-corrected chi connectivity index (χ0v) is 41.1. The Bertz CT molecular complexity index is 1620. The SMILES string of the molecule is CCCCCCCCCCCCNCC(O)C1OC(OC(CO)C(O)C2OC(OC(CO)C(O)C(OCC(O)C(=O)O)C(N)C(C)O)(C(=O)O)CC(O)C2NC(=O)CC)(C(=O)O)CC(O)C1NC(=O)CC. The van der Waals surface area contributed by atoms with Gasteiger partial charge in [-0.3, -0.25) is 9.59 Å². The summed E-state index contributed by atoms with van der Waals surface area (Å²) >= 11 is 0. The van der Waals surface area contributed by atoms with E-state index in [-0.39, 0.29) is 19.4 Å². The third-order valence-corrected chi connectivity index (χ3v) is 12.7. The fourth-order valence-electron chi connectivity index (χ4n) is 8.42. The van der Waals surface area contributed by atoms with Crippen molar-refractivity contribution in [2.24, 2.45) is 5.73 Å². The molecule has 17 atom stereocenters. The molecule has 0 aromatic heterocycles. The molecule has 2 heterocycles. The Morgan fingerprint density at radius 1 is 0.690 bits per heavy atom. The Hall–Kier alpha value is -3.29. The van der Waals surface area contributed by atoms with Gasteiger partial charge in [0, 0.05) is 32.2 Å². The molecule has 2 amide bonds. The van der Waals surface area contributed by atoms with Gasteiger partial charge in [-0.25, -0.2) is 14.4 Å². The number of carboxylic acid groups (broad SMARTS) is 3. The minimum Gasteiger partial charge on any atom is -0.479 e. The van der Waals surface area contributed by atoms with E-state index in [9.17, 15) is 80.1 Å². The van der Waals surface area contributed by atoms with Gasteiger partial charge in [-0.15, -0.1) is 0 Å². The summed E-state index contributed by atoms with van der Waals surface area (Å²) in [6.07, 6.45) is -15.8. The van der Waals surface area contributed by atoms with E-state index in [0.717, 1.165) is 39.0 Å². The molecular formula is C45H82N4O22. The van der Waals surface area contributed by atoms with E-state index < -0.39 is 165 Å². The van der Waals surface area contributed by atoms with Crippen molar-refractivity contribution >= 4 is 29.7 Å². The van der Waals surface area contributed by atoms with Crippen LogP contribution in [0.5, 0.6) is 0 Å². The maximum atomic E-state index is 13.2. The van der Waals surface area contributed by atoms with E-state index in [0.29, 0.717) is 6.54 Å². The molecule has 414 valence electrons. The zero-order valence-electron chi connectivity index (χ0n) is 41.1. The van der Waals surface area contributed by atoms with Crippen LogP contribution in [-0.4, -0.2) is 227 Å². The molecular weight excluding hydrogens is 949 g/mol. The van der Waals surface area contributed by atoms with Crippen molar-refractivity contribution in [3.8, 4) is 0 Å². The summed E-state index contributed by atoms with van der Waals surface area (Å²) in [5.41, 5.74) is 5.99. The highest BCUT2D eigenvalue weighted by Gasteiger charge is 2.60. The molecule has 0 spiro atoms. The van der Waals surface area contributed by atoms with E-state index in [4.69, 9.17) is 34.5 Å². The minimum atomic E-state index is -3.23. The number of aliphatic hydroxyl groups excluding tert-OH is 9. The van der Waals surface area contributed by atoms with Crippen molar-refractivity contribution < 1.29 is 109 Å². The number of nitrogens with two attached hydrogens (primary N) is 1. The highest BCUT2D eigenvalue weighted by atomic mass is 16.8. The first-order valence-electron chi connectivity index (χ1n) is 24.6. The molecule has 17 unspecified atom stereocenters. The molecule has 2 saturated heterocycles. The molecule has 26 heteroatoms. The standard InChI is InChI=1S/C45H82N4O22/c1-5-8-9-10-11-12-13-14-15-16-17-47-20-27(55)38-34(48-31(57)6-2)25(53)18-44(70-38,42(63)64)69-30(22-51)37(60)40-35(49-32(58)7-3)26(54)19-45(71-40,43(65)66)68-29(21-50)36(59)39(33(46)24(4)52)67-23-28(56)41(61)62/h24-30,33-40,47,50-56,59-60H,5-23,46H2,1-4H3,(H,48,57)(H,49,58)(H,61,62)(H,63,64)(H,65,66). The Morgan fingerprint density at radius 2 is 1.14 bits per heavy atom. The smallest absolute Gasteiger partial charge is 0.364 e. The molecule has 2 aliphatic heterocycles. The van der Waals surface area contributed by atoms with Gasteiger partial charge in [0.15, 0.2) is 6.10 Å². The lowest BCUT2D eigenvalue weighted by atomic mass is 9.87. The van der Waals surface area contributed by atoms with Crippen molar-refractivity contribution in [1.82, 2.24) is 16.0 Å². The number of aliphatic hydroxyl groups is 9. The Morgan fingerprint density at radius 3 is 1.58 bits per heavy atom. The second kappa shape index (κ2) is 31.4. The number of nitrogens with one attached hydrogen (secondary N) is 3. The lowest BCUT2D eigenvalue weighted by molar-refractivity contribution is -0.351. The van der Waals surface area contributed by atoms with Gasteiger partial charge in [-0.1, -0.05) is 78.6 Å². The Labute approximate surface area is 413 Å². The van der Waals surface area contributed by atoms with E-state index in [1.165, 1.54) is 46.0 Å². The van der Waals surface area contributed by atoms with Gasteiger partial charge in [-0.2, -0.15) is 0 Å². The number of aliphatic carboxylic acids is 3. The van der Waals surface area contributed by atoms with Gasteiger partial charge in [0.25, 0.3) is 11.6 Å².